The van der Waals surface area contributed by atoms with Crippen molar-refractivity contribution in [1.82, 2.24) is 14.6 Å². The minimum absolute atomic E-state index is 0.0980. The number of rotatable bonds is 3. The maximum Gasteiger partial charge on any atom is 0.418 e. The summed E-state index contributed by atoms with van der Waals surface area (Å²) in [6, 6.07) is 7.86. The molecule has 1 saturated carbocycles. The van der Waals surface area contributed by atoms with Crippen LogP contribution in [-0.2, 0) is 11.0 Å². The fourth-order valence-electron chi connectivity index (χ4n) is 3.28. The molecule has 7 nitrogen and oxygen atoms in total. The van der Waals surface area contributed by atoms with Crippen molar-refractivity contribution in [2.45, 2.75) is 58.1 Å². The molecule has 2 aromatic heterocycles. The summed E-state index contributed by atoms with van der Waals surface area (Å²) in [5.74, 6) is -2.74. The van der Waals surface area contributed by atoms with Gasteiger partial charge in [-0.15, -0.1) is 5.10 Å². The number of hydrogen-bond acceptors (Lipinski definition) is 5. The third kappa shape index (κ3) is 8.58. The van der Waals surface area contributed by atoms with Crippen LogP contribution in [0.5, 0.6) is 0 Å². The van der Waals surface area contributed by atoms with Crippen molar-refractivity contribution in [2.75, 3.05) is 17.7 Å². The Balaban J connectivity index is 0.000000452. The van der Waals surface area contributed by atoms with Crippen LogP contribution >= 0.6 is 0 Å². The molecule has 0 atom stereocenters. The van der Waals surface area contributed by atoms with Gasteiger partial charge in [0.25, 0.3) is 5.91 Å². The van der Waals surface area contributed by atoms with E-state index in [1.165, 1.54) is 35.0 Å². The minimum atomic E-state index is -4.56. The number of aromatic nitrogens is 3. The zero-order valence-electron chi connectivity index (χ0n) is 20.3. The van der Waals surface area contributed by atoms with E-state index in [1.54, 1.807) is 13.1 Å². The fourth-order valence-corrected chi connectivity index (χ4v) is 3.28. The summed E-state index contributed by atoms with van der Waals surface area (Å²) in [6.07, 6.45) is -0.401. The van der Waals surface area contributed by atoms with Crippen molar-refractivity contribution in [3.8, 4) is 0 Å². The van der Waals surface area contributed by atoms with E-state index in [0.717, 1.165) is 12.5 Å². The number of para-hydroxylation sites is 1. The molecule has 36 heavy (non-hydrogen) atoms. The summed E-state index contributed by atoms with van der Waals surface area (Å²) in [5, 5.41) is 9.12. The first-order valence-corrected chi connectivity index (χ1v) is 11.3. The third-order valence-corrected chi connectivity index (χ3v) is 4.92. The lowest BCUT2D eigenvalue weighted by molar-refractivity contribution is -0.136. The largest absolute Gasteiger partial charge is 0.418 e. The van der Waals surface area contributed by atoms with E-state index in [1.807, 2.05) is 20.6 Å². The molecule has 2 heterocycles. The van der Waals surface area contributed by atoms with Gasteiger partial charge in [0.2, 0.25) is 11.9 Å². The van der Waals surface area contributed by atoms with Crippen molar-refractivity contribution in [3.63, 3.8) is 0 Å². The first-order valence-electron chi connectivity index (χ1n) is 11.3. The summed E-state index contributed by atoms with van der Waals surface area (Å²) in [7, 11) is 1.62. The normalized spacial score (nSPS) is 14.1. The molecule has 1 fully saturated rings. The number of benzene rings is 1. The van der Waals surface area contributed by atoms with Gasteiger partial charge >= 0.3 is 6.18 Å². The Morgan fingerprint density at radius 3 is 2.17 bits per heavy atom. The Morgan fingerprint density at radius 2 is 1.64 bits per heavy atom. The van der Waals surface area contributed by atoms with Crippen LogP contribution in [0.25, 0.3) is 5.52 Å². The number of nitrogens with zero attached hydrogens (tertiary/aromatic N) is 3. The standard InChI is InChI=1S/C15H12F3N5O.C6H10F2.C2H6.CH2O/c1-19-14-20-8-9-6-7-12(23(9)22-14)13(24)21-11-5-3-2-4-10(11)15(16,17)18;7-6(8)4-2-1-3-5-6;2*1-2/h2-8H,1H3,(H,19,22)(H,21,24);1-5H2;1-2H3;1H2. The van der Waals surface area contributed by atoms with E-state index in [-0.39, 0.29) is 30.2 Å². The first-order chi connectivity index (χ1) is 17.1. The Labute approximate surface area is 206 Å². The Kier molecular flexibility index (Phi) is 11.9. The maximum absolute atomic E-state index is 13.0. The van der Waals surface area contributed by atoms with Gasteiger partial charge in [-0.2, -0.15) is 13.2 Å². The van der Waals surface area contributed by atoms with Crippen LogP contribution < -0.4 is 10.6 Å². The third-order valence-electron chi connectivity index (χ3n) is 4.92. The van der Waals surface area contributed by atoms with E-state index in [4.69, 9.17) is 4.79 Å². The van der Waals surface area contributed by atoms with Gasteiger partial charge in [-0.1, -0.05) is 32.4 Å². The number of hydrogen-bond donors (Lipinski definition) is 2. The van der Waals surface area contributed by atoms with Crippen molar-refractivity contribution < 1.29 is 31.5 Å². The average Bonchev–Trinajstić information content (AvgIpc) is 3.30. The molecule has 0 radical (unpaired) electrons. The molecule has 1 aliphatic rings. The van der Waals surface area contributed by atoms with Crippen LogP contribution in [0.1, 0.15) is 62.0 Å². The SMILES string of the molecule is C=O.CC.CNc1ncc2ccc(C(=O)Nc3ccccc3C(F)(F)F)n2n1.FC1(F)CCCCC1. The summed E-state index contributed by atoms with van der Waals surface area (Å²) < 4.78 is 64.7. The highest BCUT2D eigenvalue weighted by atomic mass is 19.4. The molecular formula is C24H30F5N5O2. The second kappa shape index (κ2) is 14.1. The second-order valence-corrected chi connectivity index (χ2v) is 7.30. The van der Waals surface area contributed by atoms with E-state index in [2.05, 4.69) is 20.7 Å². The number of nitrogens with one attached hydrogen (secondary N) is 2. The fraction of sp³-hybridized carbons (Fsp3) is 0.417. The molecular weight excluding hydrogens is 485 g/mol. The van der Waals surface area contributed by atoms with Gasteiger partial charge in [-0.05, 0) is 37.1 Å². The molecule has 0 unspecified atom stereocenters. The van der Waals surface area contributed by atoms with Gasteiger partial charge in [0.1, 0.15) is 12.5 Å². The Bertz CT molecular complexity index is 1090. The molecule has 1 amide bonds. The van der Waals surface area contributed by atoms with Crippen LogP contribution in [-0.4, -0.2) is 40.3 Å². The number of fused-ring (bicyclic) bond motifs is 1. The molecule has 0 saturated heterocycles. The smallest absolute Gasteiger partial charge is 0.356 e. The number of carbonyl (C=O) groups is 2. The lowest BCUT2D eigenvalue weighted by Gasteiger charge is -2.20. The van der Waals surface area contributed by atoms with Crippen molar-refractivity contribution in [1.29, 1.82) is 0 Å². The maximum atomic E-state index is 13.0. The molecule has 1 aliphatic carbocycles. The quantitative estimate of drug-likeness (QED) is 0.391. The number of amides is 1. The second-order valence-electron chi connectivity index (χ2n) is 7.30. The van der Waals surface area contributed by atoms with Crippen LogP contribution in [0.2, 0.25) is 0 Å². The Morgan fingerprint density at radius 1 is 1.03 bits per heavy atom. The van der Waals surface area contributed by atoms with Crippen molar-refractivity contribution in [3.05, 3.63) is 53.9 Å². The molecule has 4 rings (SSSR count). The molecule has 0 bridgehead atoms. The van der Waals surface area contributed by atoms with E-state index < -0.39 is 23.6 Å². The van der Waals surface area contributed by atoms with Gasteiger partial charge in [-0.25, -0.2) is 18.3 Å². The zero-order chi connectivity index (χ0) is 27.4. The average molecular weight is 516 g/mol. The van der Waals surface area contributed by atoms with Crippen LogP contribution in [0.15, 0.2) is 42.6 Å². The Hall–Kier alpha value is -3.57. The predicted molar refractivity (Wildman–Crippen MR) is 128 cm³/mol. The van der Waals surface area contributed by atoms with Crippen LogP contribution in [0.4, 0.5) is 33.6 Å². The van der Waals surface area contributed by atoms with Gasteiger partial charge in [-0.3, -0.25) is 4.79 Å². The van der Waals surface area contributed by atoms with Gasteiger partial charge in [0, 0.05) is 19.9 Å². The number of carbonyl (C=O) groups excluding carboxylic acids is 2. The lowest BCUT2D eigenvalue weighted by atomic mass is 9.97. The number of alkyl halides is 5. The first kappa shape index (κ1) is 30.5. The highest BCUT2D eigenvalue weighted by Crippen LogP contribution is 2.35. The highest BCUT2D eigenvalue weighted by molar-refractivity contribution is 6.04. The minimum Gasteiger partial charge on any atom is -0.356 e. The molecule has 0 aliphatic heterocycles. The predicted octanol–water partition coefficient (Wildman–Crippen LogP) is 6.47. The van der Waals surface area contributed by atoms with Crippen molar-refractivity contribution >= 4 is 29.8 Å². The van der Waals surface area contributed by atoms with E-state index >= 15 is 0 Å². The van der Waals surface area contributed by atoms with Gasteiger partial charge in [0.05, 0.1) is 23.0 Å². The number of anilines is 2. The lowest BCUT2D eigenvalue weighted by Crippen LogP contribution is -2.19. The highest BCUT2D eigenvalue weighted by Gasteiger charge is 2.34. The summed E-state index contributed by atoms with van der Waals surface area (Å²) >= 11 is 0. The van der Waals surface area contributed by atoms with E-state index in [0.29, 0.717) is 18.4 Å². The molecule has 198 valence electrons. The number of halogens is 5. The molecule has 3 aromatic rings. The van der Waals surface area contributed by atoms with Crippen LogP contribution in [0.3, 0.4) is 0 Å². The summed E-state index contributed by atoms with van der Waals surface area (Å²) in [4.78, 5) is 24.4. The monoisotopic (exact) mass is 515 g/mol. The summed E-state index contributed by atoms with van der Waals surface area (Å²) in [5.41, 5.74) is -0.582. The molecule has 12 heteroatoms. The molecule has 1 aromatic carbocycles. The zero-order valence-corrected chi connectivity index (χ0v) is 20.3. The van der Waals surface area contributed by atoms with E-state index in [9.17, 15) is 26.7 Å². The topological polar surface area (TPSA) is 88.4 Å². The van der Waals surface area contributed by atoms with Crippen LogP contribution in [0, 0.1) is 0 Å². The van der Waals surface area contributed by atoms with Gasteiger partial charge in [0.15, 0.2) is 0 Å². The summed E-state index contributed by atoms with van der Waals surface area (Å²) in [6.45, 7) is 6.00. The molecule has 0 spiro atoms. The molecule has 2 N–H and O–H groups in total. The van der Waals surface area contributed by atoms with Gasteiger partial charge < -0.3 is 15.4 Å². The van der Waals surface area contributed by atoms with Crippen molar-refractivity contribution in [2.24, 2.45) is 0 Å².